The highest BCUT2D eigenvalue weighted by Crippen LogP contribution is 2.29. The van der Waals surface area contributed by atoms with Crippen LogP contribution in [-0.2, 0) is 4.79 Å². The number of hydrogen-bond donors (Lipinski definition) is 1. The van der Waals surface area contributed by atoms with E-state index in [1.807, 2.05) is 49.4 Å². The Labute approximate surface area is 149 Å². The molecule has 2 aromatic carbocycles. The van der Waals surface area contributed by atoms with Crippen LogP contribution in [0.25, 0.3) is 16.3 Å². The Kier molecular flexibility index (Phi) is 5.30. The van der Waals surface area contributed by atoms with Crippen LogP contribution in [0.2, 0.25) is 0 Å². The van der Waals surface area contributed by atoms with E-state index in [1.165, 1.54) is 17.4 Å². The predicted molar refractivity (Wildman–Crippen MR) is 101 cm³/mol. The van der Waals surface area contributed by atoms with Crippen molar-refractivity contribution in [3.8, 4) is 11.5 Å². The van der Waals surface area contributed by atoms with Gasteiger partial charge in [-0.3, -0.25) is 10.1 Å². The van der Waals surface area contributed by atoms with Gasteiger partial charge in [0.1, 0.15) is 11.5 Å². The van der Waals surface area contributed by atoms with E-state index in [2.05, 4.69) is 10.3 Å². The average Bonchev–Trinajstić information content (AvgIpc) is 3.02. The van der Waals surface area contributed by atoms with Gasteiger partial charge in [-0.15, -0.1) is 0 Å². The third-order valence-electron chi connectivity index (χ3n) is 3.44. The van der Waals surface area contributed by atoms with Crippen LogP contribution in [0.4, 0.5) is 5.13 Å². The van der Waals surface area contributed by atoms with Crippen LogP contribution in [-0.4, -0.2) is 24.6 Å². The van der Waals surface area contributed by atoms with Gasteiger partial charge in [0.05, 0.1) is 23.9 Å². The Balaban J connectivity index is 1.65. The summed E-state index contributed by atoms with van der Waals surface area (Å²) in [5.41, 5.74) is 1.75. The maximum absolute atomic E-state index is 12.1. The Hall–Kier alpha value is -2.86. The molecule has 3 rings (SSSR count). The first-order chi connectivity index (χ1) is 12.2. The molecular weight excluding hydrogens is 336 g/mol. The van der Waals surface area contributed by atoms with Crippen molar-refractivity contribution < 1.29 is 14.3 Å². The summed E-state index contributed by atoms with van der Waals surface area (Å²) in [5.74, 6) is 1.36. The second-order valence-corrected chi connectivity index (χ2v) is 6.21. The number of methoxy groups -OCH3 is 1. The van der Waals surface area contributed by atoms with Gasteiger partial charge in [0, 0.05) is 6.08 Å². The van der Waals surface area contributed by atoms with Crippen LogP contribution in [0.3, 0.4) is 0 Å². The highest BCUT2D eigenvalue weighted by atomic mass is 32.1. The maximum Gasteiger partial charge on any atom is 0.250 e. The normalized spacial score (nSPS) is 11.0. The fourth-order valence-electron chi connectivity index (χ4n) is 2.25. The lowest BCUT2D eigenvalue weighted by Gasteiger charge is -2.02. The Morgan fingerprint density at radius 2 is 1.96 bits per heavy atom. The minimum absolute atomic E-state index is 0.222. The molecule has 0 saturated heterocycles. The molecule has 0 fully saturated rings. The van der Waals surface area contributed by atoms with E-state index in [4.69, 9.17) is 9.47 Å². The van der Waals surface area contributed by atoms with Gasteiger partial charge in [-0.2, -0.15) is 0 Å². The lowest BCUT2D eigenvalue weighted by molar-refractivity contribution is -0.111. The van der Waals surface area contributed by atoms with E-state index >= 15 is 0 Å². The van der Waals surface area contributed by atoms with Crippen molar-refractivity contribution in [3.63, 3.8) is 0 Å². The van der Waals surface area contributed by atoms with Crippen molar-refractivity contribution in [2.24, 2.45) is 0 Å². The number of ether oxygens (including phenoxy) is 2. The molecule has 0 aliphatic heterocycles. The molecule has 1 aromatic heterocycles. The van der Waals surface area contributed by atoms with E-state index in [9.17, 15) is 4.79 Å². The first kappa shape index (κ1) is 17.0. The van der Waals surface area contributed by atoms with E-state index in [1.54, 1.807) is 13.2 Å². The summed E-state index contributed by atoms with van der Waals surface area (Å²) in [6, 6.07) is 13.2. The number of carbonyl (C=O) groups is 1. The Morgan fingerprint density at radius 1 is 1.20 bits per heavy atom. The van der Waals surface area contributed by atoms with Crippen LogP contribution in [0.15, 0.2) is 48.5 Å². The molecule has 0 saturated carbocycles. The molecule has 1 amide bonds. The number of rotatable bonds is 6. The number of benzene rings is 2. The zero-order chi connectivity index (χ0) is 17.6. The molecule has 1 heterocycles. The highest BCUT2D eigenvalue weighted by Gasteiger charge is 2.07. The van der Waals surface area contributed by atoms with E-state index < -0.39 is 0 Å². The molecule has 0 bridgehead atoms. The predicted octanol–water partition coefficient (Wildman–Crippen LogP) is 4.36. The molecule has 25 heavy (non-hydrogen) atoms. The molecule has 0 spiro atoms. The number of amides is 1. The summed E-state index contributed by atoms with van der Waals surface area (Å²) in [6.45, 7) is 2.57. The zero-order valence-corrected chi connectivity index (χ0v) is 14.8. The van der Waals surface area contributed by atoms with Crippen molar-refractivity contribution in [3.05, 3.63) is 54.1 Å². The molecule has 5 nitrogen and oxygen atoms in total. The summed E-state index contributed by atoms with van der Waals surface area (Å²) >= 11 is 1.41. The number of fused-ring (bicyclic) bond motifs is 1. The van der Waals surface area contributed by atoms with E-state index in [0.717, 1.165) is 27.3 Å². The molecule has 0 atom stereocenters. The summed E-state index contributed by atoms with van der Waals surface area (Å²) < 4.78 is 11.5. The SMILES string of the molecule is CCOc1ccc(C=CC(=O)Nc2nc3ccc(OC)cc3s2)cc1. The molecule has 3 aromatic rings. The fraction of sp³-hybridized carbons (Fsp3) is 0.158. The monoisotopic (exact) mass is 354 g/mol. The molecule has 1 N–H and O–H groups in total. The molecule has 0 aliphatic rings. The van der Waals surface area contributed by atoms with Crippen molar-refractivity contribution in [2.45, 2.75) is 6.92 Å². The third-order valence-corrected chi connectivity index (χ3v) is 4.38. The summed E-state index contributed by atoms with van der Waals surface area (Å²) in [5, 5.41) is 3.35. The standard InChI is InChI=1S/C19H18N2O3S/c1-3-24-14-7-4-13(5-8-14)6-11-18(22)21-19-20-16-10-9-15(23-2)12-17(16)25-19/h4-12H,3H2,1-2H3,(H,20,21,22). The second kappa shape index (κ2) is 7.81. The lowest BCUT2D eigenvalue weighted by atomic mass is 10.2. The summed E-state index contributed by atoms with van der Waals surface area (Å²) in [6.07, 6.45) is 3.24. The topological polar surface area (TPSA) is 60.5 Å². The van der Waals surface area contributed by atoms with Gasteiger partial charge in [-0.05, 0) is 48.9 Å². The van der Waals surface area contributed by atoms with Crippen LogP contribution < -0.4 is 14.8 Å². The van der Waals surface area contributed by atoms with Gasteiger partial charge in [0.15, 0.2) is 5.13 Å². The zero-order valence-electron chi connectivity index (χ0n) is 14.0. The minimum Gasteiger partial charge on any atom is -0.497 e. The van der Waals surface area contributed by atoms with Gasteiger partial charge in [-0.1, -0.05) is 23.5 Å². The number of hydrogen-bond acceptors (Lipinski definition) is 5. The van der Waals surface area contributed by atoms with Gasteiger partial charge < -0.3 is 9.47 Å². The third kappa shape index (κ3) is 4.36. The summed E-state index contributed by atoms with van der Waals surface area (Å²) in [7, 11) is 1.62. The minimum atomic E-state index is -0.222. The van der Waals surface area contributed by atoms with Crippen molar-refractivity contribution in [2.75, 3.05) is 19.0 Å². The number of aromatic nitrogens is 1. The van der Waals surface area contributed by atoms with E-state index in [-0.39, 0.29) is 5.91 Å². The van der Waals surface area contributed by atoms with Crippen LogP contribution in [0.1, 0.15) is 12.5 Å². The molecule has 0 aliphatic carbocycles. The highest BCUT2D eigenvalue weighted by molar-refractivity contribution is 7.22. The molecule has 128 valence electrons. The van der Waals surface area contributed by atoms with Gasteiger partial charge >= 0.3 is 0 Å². The van der Waals surface area contributed by atoms with Crippen molar-refractivity contribution in [1.29, 1.82) is 0 Å². The van der Waals surface area contributed by atoms with E-state index in [0.29, 0.717) is 11.7 Å². The van der Waals surface area contributed by atoms with Crippen molar-refractivity contribution >= 4 is 38.7 Å². The average molecular weight is 354 g/mol. The van der Waals surface area contributed by atoms with Gasteiger partial charge in [0.25, 0.3) is 0 Å². The fourth-order valence-corrected chi connectivity index (χ4v) is 3.14. The first-order valence-electron chi connectivity index (χ1n) is 7.84. The maximum atomic E-state index is 12.1. The quantitative estimate of drug-likeness (QED) is 0.668. The van der Waals surface area contributed by atoms with Crippen molar-refractivity contribution in [1.82, 2.24) is 4.98 Å². The number of carbonyl (C=O) groups excluding carboxylic acids is 1. The summed E-state index contributed by atoms with van der Waals surface area (Å²) in [4.78, 5) is 16.5. The second-order valence-electron chi connectivity index (χ2n) is 5.18. The lowest BCUT2D eigenvalue weighted by Crippen LogP contribution is -2.07. The van der Waals surface area contributed by atoms with Gasteiger partial charge in [0.2, 0.25) is 5.91 Å². The molecule has 0 unspecified atom stereocenters. The van der Waals surface area contributed by atoms with Gasteiger partial charge in [-0.25, -0.2) is 4.98 Å². The molecule has 0 radical (unpaired) electrons. The number of thiazole rings is 1. The molecule has 6 heteroatoms. The van der Waals surface area contributed by atoms with Crippen LogP contribution in [0.5, 0.6) is 11.5 Å². The Bertz CT molecular complexity index is 901. The first-order valence-corrected chi connectivity index (χ1v) is 8.66. The number of nitrogens with zero attached hydrogens (tertiary/aromatic N) is 1. The smallest absolute Gasteiger partial charge is 0.250 e. The number of anilines is 1. The largest absolute Gasteiger partial charge is 0.497 e. The molecular formula is C19H18N2O3S. The van der Waals surface area contributed by atoms with Crippen LogP contribution >= 0.6 is 11.3 Å². The van der Waals surface area contributed by atoms with Crippen LogP contribution in [0, 0.1) is 0 Å². The Morgan fingerprint density at radius 3 is 2.68 bits per heavy atom. The number of nitrogens with one attached hydrogen (secondary N) is 1.